The summed E-state index contributed by atoms with van der Waals surface area (Å²) in [7, 11) is -3.48. The first-order valence-corrected chi connectivity index (χ1v) is 9.01. The molecule has 1 aromatic rings. The molecule has 0 aromatic heterocycles. The highest BCUT2D eigenvalue weighted by molar-refractivity contribution is 9.10. The van der Waals surface area contributed by atoms with Gasteiger partial charge >= 0.3 is 0 Å². The van der Waals surface area contributed by atoms with Crippen LogP contribution in [0.15, 0.2) is 28.7 Å². The minimum Gasteiger partial charge on any atom is -0.325 e. The predicted octanol–water partition coefficient (Wildman–Crippen LogP) is 1.55. The second-order valence-electron chi connectivity index (χ2n) is 4.98. The van der Waals surface area contributed by atoms with Crippen LogP contribution >= 0.6 is 15.9 Å². The molecule has 0 aliphatic carbocycles. The lowest BCUT2D eigenvalue weighted by atomic mass is 9.95. The number of anilines is 1. The van der Waals surface area contributed by atoms with E-state index in [4.69, 9.17) is 0 Å². The zero-order valence-electron chi connectivity index (χ0n) is 11.1. The highest BCUT2D eigenvalue weighted by Gasteiger charge is 2.48. The summed E-state index contributed by atoms with van der Waals surface area (Å²) in [5.74, 6) is -0.441. The molecule has 0 radical (unpaired) electrons. The molecule has 1 aromatic carbocycles. The van der Waals surface area contributed by atoms with Crippen LogP contribution in [-0.4, -0.2) is 38.4 Å². The maximum Gasteiger partial charge on any atom is 0.245 e. The number of nitrogens with one attached hydrogen (secondary N) is 2. The molecule has 1 amide bonds. The van der Waals surface area contributed by atoms with Gasteiger partial charge in [-0.3, -0.25) is 4.79 Å². The summed E-state index contributed by atoms with van der Waals surface area (Å²) in [5.41, 5.74) is 0.597. The van der Waals surface area contributed by atoms with Gasteiger partial charge in [0.2, 0.25) is 5.91 Å². The largest absolute Gasteiger partial charge is 0.325 e. The Labute approximate surface area is 127 Å². The van der Waals surface area contributed by atoms with Gasteiger partial charge in [0.25, 0.3) is 0 Å². The quantitative estimate of drug-likeness (QED) is 0.857. The molecular weight excluding hydrogens is 344 g/mol. The van der Waals surface area contributed by atoms with Gasteiger partial charge in [-0.25, -0.2) is 8.42 Å². The number of piperidine rings is 1. The van der Waals surface area contributed by atoms with E-state index in [0.717, 1.165) is 10.7 Å². The summed E-state index contributed by atoms with van der Waals surface area (Å²) in [4.78, 5) is 12.5. The zero-order valence-corrected chi connectivity index (χ0v) is 13.6. The van der Waals surface area contributed by atoms with Crippen molar-refractivity contribution in [3.05, 3.63) is 28.7 Å². The van der Waals surface area contributed by atoms with Gasteiger partial charge in [-0.15, -0.1) is 0 Å². The molecule has 1 heterocycles. The molecule has 1 fully saturated rings. The Bertz CT molecular complexity index is 593. The number of carbonyl (C=O) groups excluding carboxylic acids is 1. The molecule has 1 aliphatic rings. The molecule has 0 unspecified atom stereocenters. The second kappa shape index (κ2) is 5.83. The number of hydrogen-bond donors (Lipinski definition) is 2. The monoisotopic (exact) mass is 360 g/mol. The number of carbonyl (C=O) groups is 1. The molecule has 1 saturated heterocycles. The SMILES string of the molecule is CS(=O)(=O)C1(C(=O)Nc2ccc(Br)cc2)CCNCC1. The summed E-state index contributed by atoms with van der Waals surface area (Å²) < 4.78 is 23.8. The van der Waals surface area contributed by atoms with Crippen LogP contribution < -0.4 is 10.6 Å². The molecule has 0 atom stereocenters. The summed E-state index contributed by atoms with van der Waals surface area (Å²) in [6, 6.07) is 7.06. The van der Waals surface area contributed by atoms with Crippen molar-refractivity contribution in [3.8, 4) is 0 Å². The van der Waals surface area contributed by atoms with E-state index >= 15 is 0 Å². The van der Waals surface area contributed by atoms with Crippen LogP contribution in [0.2, 0.25) is 0 Å². The van der Waals surface area contributed by atoms with Crippen molar-refractivity contribution in [1.82, 2.24) is 5.32 Å². The molecule has 110 valence electrons. The fourth-order valence-corrected chi connectivity index (χ4v) is 3.97. The fraction of sp³-hybridized carbons (Fsp3) is 0.462. The Morgan fingerprint density at radius 3 is 2.30 bits per heavy atom. The maximum absolute atomic E-state index is 12.5. The highest BCUT2D eigenvalue weighted by Crippen LogP contribution is 2.29. The molecule has 0 bridgehead atoms. The Kier molecular flexibility index (Phi) is 4.51. The molecule has 5 nitrogen and oxygen atoms in total. The van der Waals surface area contributed by atoms with E-state index in [0.29, 0.717) is 31.6 Å². The standard InChI is InChI=1S/C13H17BrN2O3S/c1-20(18,19)13(6-8-15-9-7-13)12(17)16-11-4-2-10(14)3-5-11/h2-5,15H,6-9H2,1H3,(H,16,17). The number of rotatable bonds is 3. The summed E-state index contributed by atoms with van der Waals surface area (Å²) in [6.07, 6.45) is 1.74. The normalized spacial score (nSPS) is 18.5. The van der Waals surface area contributed by atoms with Crippen molar-refractivity contribution >= 4 is 37.4 Å². The lowest BCUT2D eigenvalue weighted by Crippen LogP contribution is -2.55. The van der Waals surface area contributed by atoms with Gasteiger partial charge in [0.1, 0.15) is 0 Å². The van der Waals surface area contributed by atoms with E-state index < -0.39 is 20.5 Å². The van der Waals surface area contributed by atoms with Crippen molar-refractivity contribution < 1.29 is 13.2 Å². The van der Waals surface area contributed by atoms with E-state index in [1.165, 1.54) is 0 Å². The van der Waals surface area contributed by atoms with Crippen LogP contribution in [-0.2, 0) is 14.6 Å². The van der Waals surface area contributed by atoms with E-state index in [2.05, 4.69) is 26.6 Å². The zero-order chi connectivity index (χ0) is 14.8. The molecule has 0 spiro atoms. The van der Waals surface area contributed by atoms with Gasteiger partial charge in [0.15, 0.2) is 14.6 Å². The molecule has 20 heavy (non-hydrogen) atoms. The van der Waals surface area contributed by atoms with Crippen LogP contribution in [0.3, 0.4) is 0 Å². The topological polar surface area (TPSA) is 75.3 Å². The van der Waals surface area contributed by atoms with E-state index in [-0.39, 0.29) is 0 Å². The Hall–Kier alpha value is -0.920. The third kappa shape index (κ3) is 3.05. The average Bonchev–Trinajstić information content (AvgIpc) is 2.41. The molecule has 7 heteroatoms. The van der Waals surface area contributed by atoms with Gasteiger partial charge in [-0.1, -0.05) is 15.9 Å². The first kappa shape index (κ1) is 15.5. The molecule has 1 aliphatic heterocycles. The third-order valence-electron chi connectivity index (χ3n) is 3.64. The van der Waals surface area contributed by atoms with Crippen molar-refractivity contribution in [1.29, 1.82) is 0 Å². The summed E-state index contributed by atoms with van der Waals surface area (Å²) in [5, 5.41) is 5.81. The van der Waals surface area contributed by atoms with E-state index in [1.54, 1.807) is 24.3 Å². The molecule has 0 saturated carbocycles. The lowest BCUT2D eigenvalue weighted by Gasteiger charge is -2.34. The smallest absolute Gasteiger partial charge is 0.245 e. The van der Waals surface area contributed by atoms with Crippen LogP contribution in [0, 0.1) is 0 Å². The first-order chi connectivity index (χ1) is 9.35. The highest BCUT2D eigenvalue weighted by atomic mass is 79.9. The van der Waals surface area contributed by atoms with Gasteiger partial charge in [-0.05, 0) is 50.2 Å². The predicted molar refractivity (Wildman–Crippen MR) is 82.5 cm³/mol. The van der Waals surface area contributed by atoms with E-state index in [1.807, 2.05) is 0 Å². The minimum absolute atomic E-state index is 0.300. The van der Waals surface area contributed by atoms with Crippen LogP contribution in [0.5, 0.6) is 0 Å². The number of hydrogen-bond acceptors (Lipinski definition) is 4. The molecular formula is C13H17BrN2O3S. The summed E-state index contributed by atoms with van der Waals surface area (Å²) >= 11 is 3.31. The third-order valence-corrected chi connectivity index (χ3v) is 6.18. The van der Waals surface area contributed by atoms with Gasteiger partial charge < -0.3 is 10.6 Å². The van der Waals surface area contributed by atoms with Crippen LogP contribution in [0.1, 0.15) is 12.8 Å². The Morgan fingerprint density at radius 1 is 1.25 bits per heavy atom. The van der Waals surface area contributed by atoms with Crippen molar-refractivity contribution in [3.63, 3.8) is 0 Å². The number of amides is 1. The number of halogens is 1. The van der Waals surface area contributed by atoms with Crippen LogP contribution in [0.4, 0.5) is 5.69 Å². The van der Waals surface area contributed by atoms with Crippen molar-refractivity contribution in [2.75, 3.05) is 24.7 Å². The summed E-state index contributed by atoms with van der Waals surface area (Å²) in [6.45, 7) is 1.06. The van der Waals surface area contributed by atoms with Gasteiger partial charge in [0.05, 0.1) is 0 Å². The Morgan fingerprint density at radius 2 is 1.80 bits per heavy atom. The number of benzene rings is 1. The van der Waals surface area contributed by atoms with Gasteiger partial charge in [-0.2, -0.15) is 0 Å². The maximum atomic E-state index is 12.5. The second-order valence-corrected chi connectivity index (χ2v) is 8.22. The number of sulfone groups is 1. The fourth-order valence-electron chi connectivity index (χ4n) is 2.38. The minimum atomic E-state index is -3.48. The van der Waals surface area contributed by atoms with Crippen molar-refractivity contribution in [2.24, 2.45) is 0 Å². The van der Waals surface area contributed by atoms with Crippen LogP contribution in [0.25, 0.3) is 0 Å². The molecule has 2 N–H and O–H groups in total. The first-order valence-electron chi connectivity index (χ1n) is 6.32. The average molecular weight is 361 g/mol. The van der Waals surface area contributed by atoms with Gasteiger partial charge in [0, 0.05) is 16.4 Å². The van der Waals surface area contributed by atoms with Crippen molar-refractivity contribution in [2.45, 2.75) is 17.6 Å². The van der Waals surface area contributed by atoms with E-state index in [9.17, 15) is 13.2 Å². The molecule has 2 rings (SSSR count). The Balaban J connectivity index is 2.26. The lowest BCUT2D eigenvalue weighted by molar-refractivity contribution is -0.119.